The Morgan fingerprint density at radius 1 is 1.19 bits per heavy atom. The Bertz CT molecular complexity index is 511. The highest BCUT2D eigenvalue weighted by Crippen LogP contribution is 2.39. The smallest absolute Gasteiger partial charge is 0.253 e. The molecule has 1 unspecified atom stereocenters. The lowest BCUT2D eigenvalue weighted by Crippen LogP contribution is -2.46. The fraction of sp³-hybridized carbons (Fsp3) is 0.200. The van der Waals surface area contributed by atoms with Crippen molar-refractivity contribution >= 4 is 52.2 Å². The Hall–Kier alpha value is -0.770. The lowest BCUT2D eigenvalue weighted by Gasteiger charge is -2.28. The number of carbonyl (C=O) groups is 2. The topological polar surface area (TPSA) is 46.2 Å². The van der Waals surface area contributed by atoms with E-state index in [1.165, 1.54) is 19.1 Å². The van der Waals surface area contributed by atoms with Crippen LogP contribution in [0.2, 0.25) is 10.0 Å². The van der Waals surface area contributed by atoms with Crippen molar-refractivity contribution < 1.29 is 9.59 Å². The third-order valence-corrected chi connectivity index (χ3v) is 3.40. The zero-order chi connectivity index (χ0) is 12.1. The number of anilines is 1. The quantitative estimate of drug-likeness (QED) is 0.585. The third kappa shape index (κ3) is 1.51. The highest BCUT2D eigenvalue weighted by Gasteiger charge is 2.45. The molecule has 0 aliphatic carbocycles. The average Bonchev–Trinajstić information content (AvgIpc) is 2.21. The number of benzene rings is 1. The van der Waals surface area contributed by atoms with E-state index in [-0.39, 0.29) is 21.3 Å². The summed E-state index contributed by atoms with van der Waals surface area (Å²) in [5, 5.41) is 2.96. The number of ketones is 1. The molecule has 1 aliphatic rings. The van der Waals surface area contributed by atoms with E-state index in [2.05, 4.69) is 5.32 Å². The number of nitrogens with one attached hydrogen (secondary N) is 1. The van der Waals surface area contributed by atoms with Gasteiger partial charge in [0.25, 0.3) is 5.91 Å². The van der Waals surface area contributed by atoms with Crippen LogP contribution in [-0.4, -0.2) is 16.6 Å². The minimum absolute atomic E-state index is 0.159. The second-order valence-corrected chi connectivity index (χ2v) is 5.14. The first-order valence-electron chi connectivity index (χ1n) is 4.39. The molecule has 1 atom stereocenters. The second-order valence-electron chi connectivity index (χ2n) is 3.57. The third-order valence-electron chi connectivity index (χ3n) is 2.42. The van der Waals surface area contributed by atoms with Crippen LogP contribution in [0.15, 0.2) is 12.1 Å². The molecule has 0 saturated carbocycles. The van der Waals surface area contributed by atoms with E-state index in [1.807, 2.05) is 0 Å². The lowest BCUT2D eigenvalue weighted by molar-refractivity contribution is -0.117. The van der Waals surface area contributed by atoms with Crippen LogP contribution in [0.25, 0.3) is 0 Å². The maximum absolute atomic E-state index is 12.0. The molecular formula is C10H6Cl3NO2. The van der Waals surface area contributed by atoms with Gasteiger partial charge < -0.3 is 5.32 Å². The molecule has 0 spiro atoms. The molecule has 0 fully saturated rings. The predicted octanol–water partition coefficient (Wildman–Crippen LogP) is 3.13. The molecule has 0 bridgehead atoms. The maximum Gasteiger partial charge on any atom is 0.253 e. The van der Waals surface area contributed by atoms with Gasteiger partial charge in [-0.2, -0.15) is 0 Å². The molecule has 16 heavy (non-hydrogen) atoms. The molecule has 6 heteroatoms. The highest BCUT2D eigenvalue weighted by molar-refractivity contribution is 6.54. The molecule has 0 aromatic heterocycles. The van der Waals surface area contributed by atoms with E-state index in [9.17, 15) is 9.59 Å². The van der Waals surface area contributed by atoms with Gasteiger partial charge in [-0.15, -0.1) is 0 Å². The van der Waals surface area contributed by atoms with Gasteiger partial charge in [0.2, 0.25) is 0 Å². The molecule has 1 heterocycles. The van der Waals surface area contributed by atoms with Crippen LogP contribution in [0.4, 0.5) is 5.69 Å². The van der Waals surface area contributed by atoms with Gasteiger partial charge in [0.1, 0.15) is 0 Å². The van der Waals surface area contributed by atoms with E-state index in [0.29, 0.717) is 0 Å². The standard InChI is InChI=1S/C10H6Cl3NO2/c1-10(13)8(15)6-4(11)2-3-5(12)7(6)14-9(10)16/h2-3H,1H3,(H,14,16). The van der Waals surface area contributed by atoms with Crippen molar-refractivity contribution in [2.45, 2.75) is 11.8 Å². The van der Waals surface area contributed by atoms with Gasteiger partial charge in [-0.1, -0.05) is 34.8 Å². The normalized spacial score (nSPS) is 24.0. The van der Waals surface area contributed by atoms with Crippen molar-refractivity contribution in [2.75, 3.05) is 5.32 Å². The molecule has 0 radical (unpaired) electrons. The molecule has 1 amide bonds. The first-order chi connectivity index (χ1) is 7.35. The minimum Gasteiger partial charge on any atom is -0.322 e. The van der Waals surface area contributed by atoms with Gasteiger partial charge in [-0.05, 0) is 19.1 Å². The van der Waals surface area contributed by atoms with Crippen molar-refractivity contribution in [1.82, 2.24) is 0 Å². The summed E-state index contributed by atoms with van der Waals surface area (Å²) < 4.78 is 0. The van der Waals surface area contributed by atoms with E-state index in [1.54, 1.807) is 0 Å². The monoisotopic (exact) mass is 277 g/mol. The largest absolute Gasteiger partial charge is 0.322 e. The van der Waals surface area contributed by atoms with Crippen LogP contribution >= 0.6 is 34.8 Å². The molecule has 1 aromatic rings. The van der Waals surface area contributed by atoms with E-state index >= 15 is 0 Å². The number of Topliss-reactive ketones (excluding diaryl/α,β-unsaturated/α-hetero) is 1. The van der Waals surface area contributed by atoms with E-state index in [0.717, 1.165) is 0 Å². The molecule has 3 nitrogen and oxygen atoms in total. The number of rotatable bonds is 0. The summed E-state index contributed by atoms with van der Waals surface area (Å²) >= 11 is 17.6. The summed E-state index contributed by atoms with van der Waals surface area (Å²) in [6.45, 7) is 1.33. The first kappa shape index (κ1) is 11.7. The van der Waals surface area contributed by atoms with Crippen LogP contribution in [0.1, 0.15) is 17.3 Å². The Kier molecular flexibility index (Phi) is 2.65. The number of fused-ring (bicyclic) bond motifs is 1. The van der Waals surface area contributed by atoms with Crippen molar-refractivity contribution in [2.24, 2.45) is 0 Å². The SMILES string of the molecule is CC1(Cl)C(=O)Nc2c(Cl)ccc(Cl)c2C1=O. The molecule has 84 valence electrons. The predicted molar refractivity (Wildman–Crippen MR) is 63.7 cm³/mol. The first-order valence-corrected chi connectivity index (χ1v) is 5.52. The maximum atomic E-state index is 12.0. The van der Waals surface area contributed by atoms with Gasteiger partial charge in [0.05, 0.1) is 21.3 Å². The number of amides is 1. The Morgan fingerprint density at radius 3 is 2.38 bits per heavy atom. The minimum atomic E-state index is -1.64. The summed E-state index contributed by atoms with van der Waals surface area (Å²) in [6.07, 6.45) is 0. The molecular weight excluding hydrogens is 272 g/mol. The van der Waals surface area contributed by atoms with E-state index in [4.69, 9.17) is 34.8 Å². The fourth-order valence-electron chi connectivity index (χ4n) is 1.46. The van der Waals surface area contributed by atoms with Crippen LogP contribution in [0.3, 0.4) is 0 Å². The lowest BCUT2D eigenvalue weighted by atomic mass is 9.92. The molecule has 1 N–H and O–H groups in total. The summed E-state index contributed by atoms with van der Waals surface area (Å²) in [7, 11) is 0. The molecule has 1 aliphatic heterocycles. The number of alkyl halides is 1. The van der Waals surface area contributed by atoms with Crippen LogP contribution < -0.4 is 5.32 Å². The zero-order valence-corrected chi connectivity index (χ0v) is 10.4. The highest BCUT2D eigenvalue weighted by atomic mass is 35.5. The van der Waals surface area contributed by atoms with Gasteiger partial charge in [-0.25, -0.2) is 0 Å². The van der Waals surface area contributed by atoms with Crippen molar-refractivity contribution in [3.63, 3.8) is 0 Å². The van der Waals surface area contributed by atoms with E-state index < -0.39 is 16.6 Å². The fourth-order valence-corrected chi connectivity index (χ4v) is 2.05. The number of halogens is 3. The van der Waals surface area contributed by atoms with Crippen LogP contribution in [-0.2, 0) is 4.79 Å². The second kappa shape index (κ2) is 3.62. The molecule has 0 saturated heterocycles. The van der Waals surface area contributed by atoms with Crippen LogP contribution in [0.5, 0.6) is 0 Å². The van der Waals surface area contributed by atoms with Gasteiger partial charge >= 0.3 is 0 Å². The average molecular weight is 279 g/mol. The van der Waals surface area contributed by atoms with Crippen molar-refractivity contribution in [1.29, 1.82) is 0 Å². The molecule has 1 aromatic carbocycles. The number of carbonyl (C=O) groups excluding carboxylic acids is 2. The van der Waals surface area contributed by atoms with Gasteiger partial charge in [0.15, 0.2) is 10.7 Å². The van der Waals surface area contributed by atoms with Crippen molar-refractivity contribution in [3.8, 4) is 0 Å². The number of hydrogen-bond donors (Lipinski definition) is 1. The Labute approximate surface area is 107 Å². The molecule has 2 rings (SSSR count). The summed E-state index contributed by atoms with van der Waals surface area (Å²) in [6, 6.07) is 3.00. The van der Waals surface area contributed by atoms with Gasteiger partial charge in [-0.3, -0.25) is 9.59 Å². The number of hydrogen-bond acceptors (Lipinski definition) is 2. The zero-order valence-electron chi connectivity index (χ0n) is 8.11. The van der Waals surface area contributed by atoms with Gasteiger partial charge in [0, 0.05) is 0 Å². The van der Waals surface area contributed by atoms with Crippen molar-refractivity contribution in [3.05, 3.63) is 27.7 Å². The Balaban J connectivity index is 2.74. The summed E-state index contributed by atoms with van der Waals surface area (Å²) in [5.74, 6) is -1.14. The Morgan fingerprint density at radius 2 is 1.75 bits per heavy atom. The summed E-state index contributed by atoms with van der Waals surface area (Å²) in [4.78, 5) is 21.9. The summed E-state index contributed by atoms with van der Waals surface area (Å²) in [5.41, 5.74) is 0.383. The van der Waals surface area contributed by atoms with Crippen LogP contribution in [0, 0.1) is 0 Å².